The molecule has 1 aliphatic rings. The number of halogens is 6. The van der Waals surface area contributed by atoms with Crippen molar-refractivity contribution in [3.63, 3.8) is 0 Å². The minimum Gasteiger partial charge on any atom is -0.481 e. The summed E-state index contributed by atoms with van der Waals surface area (Å²) < 4.78 is 82.6. The van der Waals surface area contributed by atoms with Crippen LogP contribution in [0.15, 0.2) is 48.5 Å². The zero-order valence-electron chi connectivity index (χ0n) is 26.1. The molecule has 1 saturated carbocycles. The Hall–Kier alpha value is -4.43. The third-order valence-electron chi connectivity index (χ3n) is 7.97. The topological polar surface area (TPSA) is 100 Å². The highest BCUT2D eigenvalue weighted by Crippen LogP contribution is 2.38. The molecule has 1 aliphatic carbocycles. The number of fused-ring (bicyclic) bond motifs is 1. The molecule has 2 heterocycles. The van der Waals surface area contributed by atoms with E-state index in [9.17, 15) is 36.2 Å². The predicted molar refractivity (Wildman–Crippen MR) is 163 cm³/mol. The highest BCUT2D eigenvalue weighted by Gasteiger charge is 2.37. The maximum absolute atomic E-state index is 13.8. The Labute approximate surface area is 267 Å². The van der Waals surface area contributed by atoms with Crippen LogP contribution in [0.4, 0.5) is 38.1 Å². The van der Waals surface area contributed by atoms with Crippen LogP contribution < -0.4 is 9.80 Å². The van der Waals surface area contributed by atoms with Crippen molar-refractivity contribution in [3.8, 4) is 0 Å². The lowest BCUT2D eigenvalue weighted by Crippen LogP contribution is -2.31. The number of anilines is 2. The highest BCUT2D eigenvalue weighted by molar-refractivity contribution is 5.82. The number of aromatic nitrogens is 5. The van der Waals surface area contributed by atoms with Gasteiger partial charge < -0.3 is 14.9 Å². The van der Waals surface area contributed by atoms with Crippen molar-refractivity contribution >= 4 is 28.6 Å². The Bertz CT molecular complexity index is 1700. The molecule has 4 aromatic rings. The summed E-state index contributed by atoms with van der Waals surface area (Å²) in [6.45, 7) is 5.76. The zero-order valence-corrected chi connectivity index (χ0v) is 26.1. The molecular formula is C32H35F6N7O2. The van der Waals surface area contributed by atoms with Crippen molar-refractivity contribution in [2.75, 3.05) is 22.9 Å². The molecule has 2 aromatic heterocycles. The van der Waals surface area contributed by atoms with Crippen molar-refractivity contribution in [1.29, 1.82) is 0 Å². The van der Waals surface area contributed by atoms with Gasteiger partial charge in [0, 0.05) is 37.1 Å². The third-order valence-corrected chi connectivity index (χ3v) is 7.97. The van der Waals surface area contributed by atoms with Crippen LogP contribution in [0.2, 0.25) is 0 Å². The molecule has 15 heteroatoms. The zero-order chi connectivity index (χ0) is 34.1. The van der Waals surface area contributed by atoms with Gasteiger partial charge in [0.25, 0.3) is 5.95 Å². The molecule has 1 N–H and O–H groups in total. The number of rotatable bonds is 13. The van der Waals surface area contributed by atoms with E-state index in [-0.39, 0.29) is 30.7 Å². The number of benzene rings is 2. The summed E-state index contributed by atoms with van der Waals surface area (Å²) in [5.41, 5.74) is -3.02. The van der Waals surface area contributed by atoms with Gasteiger partial charge in [-0.3, -0.25) is 4.79 Å². The molecule has 0 spiro atoms. The number of hydrogen-bond donors (Lipinski definition) is 1. The normalized spacial score (nSPS) is 14.1. The van der Waals surface area contributed by atoms with E-state index in [0.717, 1.165) is 41.5 Å². The van der Waals surface area contributed by atoms with Crippen LogP contribution in [0, 0.1) is 11.3 Å². The van der Waals surface area contributed by atoms with E-state index >= 15 is 0 Å². The van der Waals surface area contributed by atoms with Gasteiger partial charge in [0.05, 0.1) is 28.6 Å². The van der Waals surface area contributed by atoms with E-state index in [1.165, 1.54) is 18.7 Å². The summed E-state index contributed by atoms with van der Waals surface area (Å²) in [5.74, 6) is -0.0541. The first kappa shape index (κ1) is 33.9. The first-order valence-electron chi connectivity index (χ1n) is 15.2. The molecule has 9 nitrogen and oxygen atoms in total. The second-order valence-corrected chi connectivity index (χ2v) is 12.6. The predicted octanol–water partition coefficient (Wildman–Crippen LogP) is 7.20. The van der Waals surface area contributed by atoms with E-state index in [1.807, 2.05) is 37.3 Å². The number of carboxylic acids is 1. The lowest BCUT2D eigenvalue weighted by Gasteiger charge is -2.29. The maximum atomic E-state index is 13.8. The van der Waals surface area contributed by atoms with Gasteiger partial charge >= 0.3 is 18.3 Å². The molecular weight excluding hydrogens is 628 g/mol. The van der Waals surface area contributed by atoms with E-state index in [0.29, 0.717) is 36.0 Å². The Kier molecular flexibility index (Phi) is 9.38. The van der Waals surface area contributed by atoms with Crippen molar-refractivity contribution in [3.05, 3.63) is 70.8 Å². The monoisotopic (exact) mass is 663 g/mol. The average Bonchev–Trinajstić information content (AvgIpc) is 3.69. The number of carboxylic acid groups (broad SMARTS) is 1. The molecule has 2 aromatic carbocycles. The molecule has 5 rings (SSSR count). The van der Waals surface area contributed by atoms with Gasteiger partial charge in [-0.1, -0.05) is 30.2 Å². The summed E-state index contributed by atoms with van der Waals surface area (Å²) in [6, 6.07) is 10.8. The van der Waals surface area contributed by atoms with Crippen LogP contribution in [-0.2, 0) is 36.8 Å². The largest absolute Gasteiger partial charge is 0.481 e. The summed E-state index contributed by atoms with van der Waals surface area (Å²) in [7, 11) is 0. The van der Waals surface area contributed by atoms with Crippen molar-refractivity contribution < 1.29 is 36.2 Å². The Morgan fingerprint density at radius 2 is 1.62 bits per heavy atom. The smallest absolute Gasteiger partial charge is 0.416 e. The molecule has 0 aliphatic heterocycles. The van der Waals surface area contributed by atoms with Gasteiger partial charge in [0.2, 0.25) is 0 Å². The molecule has 0 amide bonds. The molecule has 0 radical (unpaired) electrons. The minimum atomic E-state index is -5.02. The minimum absolute atomic E-state index is 0.0380. The number of para-hydroxylation sites is 1. The van der Waals surface area contributed by atoms with Crippen molar-refractivity contribution in [2.24, 2.45) is 11.3 Å². The number of hydrogen-bond acceptors (Lipinski definition) is 7. The van der Waals surface area contributed by atoms with E-state index in [4.69, 9.17) is 4.98 Å². The number of carbonyl (C=O) groups is 1. The SMILES string of the molecule is CCCN(CC1CC1)c1nc2ccccc2cc1CN(Cc1cc(C(F)(F)F)cc(C(F)(F)F)c1)c1nnn(CC(C)(C)C(=O)O)n1. The second-order valence-electron chi connectivity index (χ2n) is 12.6. The van der Waals surface area contributed by atoms with Gasteiger partial charge in [-0.2, -0.15) is 31.1 Å². The summed E-state index contributed by atoms with van der Waals surface area (Å²) in [5, 5.41) is 22.7. The van der Waals surface area contributed by atoms with Crippen LogP contribution in [0.5, 0.6) is 0 Å². The van der Waals surface area contributed by atoms with E-state index in [1.54, 1.807) is 0 Å². The Morgan fingerprint density at radius 1 is 0.957 bits per heavy atom. The molecule has 47 heavy (non-hydrogen) atoms. The van der Waals surface area contributed by atoms with E-state index in [2.05, 4.69) is 20.3 Å². The fourth-order valence-corrected chi connectivity index (χ4v) is 5.29. The lowest BCUT2D eigenvalue weighted by molar-refractivity contribution is -0.148. The molecule has 1 fully saturated rings. The summed E-state index contributed by atoms with van der Waals surface area (Å²) in [4.78, 5) is 21.4. The third kappa shape index (κ3) is 8.30. The highest BCUT2D eigenvalue weighted by atomic mass is 19.4. The maximum Gasteiger partial charge on any atom is 0.416 e. The van der Waals surface area contributed by atoms with Crippen LogP contribution in [-0.4, -0.2) is 49.4 Å². The van der Waals surface area contributed by atoms with Crippen LogP contribution in [0.3, 0.4) is 0 Å². The van der Waals surface area contributed by atoms with Gasteiger partial charge in [-0.05, 0) is 80.1 Å². The van der Waals surface area contributed by atoms with Gasteiger partial charge in [0.15, 0.2) is 0 Å². The average molecular weight is 664 g/mol. The number of alkyl halides is 6. The number of tetrazole rings is 1. The summed E-state index contributed by atoms with van der Waals surface area (Å²) >= 11 is 0. The van der Waals surface area contributed by atoms with Gasteiger partial charge in [0.1, 0.15) is 5.82 Å². The van der Waals surface area contributed by atoms with Gasteiger partial charge in [-0.15, -0.1) is 5.10 Å². The van der Waals surface area contributed by atoms with Crippen LogP contribution >= 0.6 is 0 Å². The van der Waals surface area contributed by atoms with Crippen molar-refractivity contribution in [2.45, 2.75) is 72.0 Å². The molecule has 0 saturated heterocycles. The molecule has 0 bridgehead atoms. The first-order valence-corrected chi connectivity index (χ1v) is 15.2. The fraction of sp³-hybridized carbons (Fsp3) is 0.469. The van der Waals surface area contributed by atoms with Crippen molar-refractivity contribution in [1.82, 2.24) is 25.2 Å². The molecule has 252 valence electrons. The summed E-state index contributed by atoms with van der Waals surface area (Å²) in [6.07, 6.45) is -7.05. The van der Waals surface area contributed by atoms with Crippen LogP contribution in [0.1, 0.15) is 62.3 Å². The van der Waals surface area contributed by atoms with Crippen LogP contribution in [0.25, 0.3) is 10.9 Å². The Morgan fingerprint density at radius 3 is 2.21 bits per heavy atom. The molecule has 0 unspecified atom stereocenters. The number of aliphatic carboxylic acids is 1. The standard InChI is InChI=1S/C32H35F6N7O2/c1-4-11-43(16-20-9-10-20)27-23(14-22-7-5-6-8-26(22)39-27)18-44(29-40-42-45(41-29)19-30(2,3)28(46)47)17-21-12-24(31(33,34)35)15-25(13-21)32(36,37)38/h5-8,12-15,20H,4,9-11,16-19H2,1-3H3,(H,46,47). The number of nitrogens with zero attached hydrogens (tertiary/aromatic N) is 7. The van der Waals surface area contributed by atoms with E-state index < -0.39 is 41.4 Å². The molecule has 0 atom stereocenters. The Balaban J connectivity index is 1.61. The fourth-order valence-electron chi connectivity index (χ4n) is 5.29. The quantitative estimate of drug-likeness (QED) is 0.150. The first-order chi connectivity index (χ1) is 22.0. The number of pyridine rings is 1. The second kappa shape index (κ2) is 13.0. The van der Waals surface area contributed by atoms with Gasteiger partial charge in [-0.25, -0.2) is 4.98 Å². The lowest BCUT2D eigenvalue weighted by atomic mass is 9.94.